The van der Waals surface area contributed by atoms with Gasteiger partial charge in [0.25, 0.3) is 0 Å². The highest BCUT2D eigenvalue weighted by Crippen LogP contribution is 2.27. The standard InChI is InChI=1S/C14H22N2O4S2.ClH/c1-11(15)14-5-3-4-10-16(14)22(19,20)13-8-6-12(7-9-13)21(2,17)18;/h6-9,11,14H,3-5,10,15H2,1-2H3;1H. The van der Waals surface area contributed by atoms with E-state index in [0.29, 0.717) is 6.54 Å². The Morgan fingerprint density at radius 1 is 1.09 bits per heavy atom. The molecule has 132 valence electrons. The van der Waals surface area contributed by atoms with E-state index in [1.165, 1.54) is 28.6 Å². The summed E-state index contributed by atoms with van der Waals surface area (Å²) < 4.78 is 49.9. The third kappa shape index (κ3) is 4.45. The van der Waals surface area contributed by atoms with Crippen molar-refractivity contribution in [2.75, 3.05) is 12.8 Å². The fraction of sp³-hybridized carbons (Fsp3) is 0.571. The molecule has 0 radical (unpaired) electrons. The van der Waals surface area contributed by atoms with Crippen LogP contribution in [0.5, 0.6) is 0 Å². The highest BCUT2D eigenvalue weighted by Gasteiger charge is 2.35. The van der Waals surface area contributed by atoms with E-state index in [0.717, 1.165) is 25.5 Å². The van der Waals surface area contributed by atoms with E-state index in [4.69, 9.17) is 5.73 Å². The van der Waals surface area contributed by atoms with Gasteiger partial charge in [0, 0.05) is 24.9 Å². The van der Waals surface area contributed by atoms with Gasteiger partial charge in [0.15, 0.2) is 9.84 Å². The summed E-state index contributed by atoms with van der Waals surface area (Å²) in [5.74, 6) is 0. The van der Waals surface area contributed by atoms with Gasteiger partial charge in [-0.05, 0) is 44.0 Å². The highest BCUT2D eigenvalue weighted by molar-refractivity contribution is 7.90. The summed E-state index contributed by atoms with van der Waals surface area (Å²) in [7, 11) is -7.00. The monoisotopic (exact) mass is 382 g/mol. The number of nitrogens with zero attached hydrogens (tertiary/aromatic N) is 1. The summed E-state index contributed by atoms with van der Waals surface area (Å²) in [5.41, 5.74) is 5.93. The lowest BCUT2D eigenvalue weighted by Crippen LogP contribution is -2.51. The van der Waals surface area contributed by atoms with Crippen molar-refractivity contribution in [3.8, 4) is 0 Å². The first-order chi connectivity index (χ1) is 10.1. The van der Waals surface area contributed by atoms with Gasteiger partial charge in [0.2, 0.25) is 10.0 Å². The van der Waals surface area contributed by atoms with Crippen LogP contribution in [0.1, 0.15) is 26.2 Å². The van der Waals surface area contributed by atoms with E-state index >= 15 is 0 Å². The van der Waals surface area contributed by atoms with E-state index in [1.807, 2.05) is 6.92 Å². The Hall–Kier alpha value is -0.670. The van der Waals surface area contributed by atoms with Gasteiger partial charge in [-0.2, -0.15) is 4.31 Å². The summed E-state index contributed by atoms with van der Waals surface area (Å²) in [4.78, 5) is 0.210. The smallest absolute Gasteiger partial charge is 0.243 e. The number of hydrogen-bond donors (Lipinski definition) is 1. The van der Waals surface area contributed by atoms with Crippen molar-refractivity contribution in [2.45, 2.75) is 48.1 Å². The molecule has 1 aliphatic heterocycles. The molecule has 6 nitrogen and oxygen atoms in total. The van der Waals surface area contributed by atoms with Gasteiger partial charge >= 0.3 is 0 Å². The zero-order valence-corrected chi connectivity index (χ0v) is 15.6. The van der Waals surface area contributed by atoms with Crippen LogP contribution in [0, 0.1) is 0 Å². The minimum absolute atomic E-state index is 0. The zero-order valence-electron chi connectivity index (χ0n) is 13.2. The number of nitrogens with two attached hydrogens (primary N) is 1. The van der Waals surface area contributed by atoms with Gasteiger partial charge in [0.05, 0.1) is 9.79 Å². The van der Waals surface area contributed by atoms with Gasteiger partial charge in [0.1, 0.15) is 0 Å². The van der Waals surface area contributed by atoms with Crippen LogP contribution >= 0.6 is 12.4 Å². The summed E-state index contributed by atoms with van der Waals surface area (Å²) >= 11 is 0. The normalized spacial score (nSPS) is 21.4. The zero-order chi connectivity index (χ0) is 16.5. The Morgan fingerprint density at radius 3 is 2.09 bits per heavy atom. The fourth-order valence-electron chi connectivity index (χ4n) is 2.75. The third-order valence-corrected chi connectivity index (χ3v) is 7.03. The molecule has 0 saturated carbocycles. The molecule has 1 saturated heterocycles. The minimum Gasteiger partial charge on any atom is -0.326 e. The van der Waals surface area contributed by atoms with Gasteiger partial charge in [-0.25, -0.2) is 16.8 Å². The molecule has 9 heteroatoms. The molecule has 0 spiro atoms. The summed E-state index contributed by atoms with van der Waals surface area (Å²) in [5, 5.41) is 0. The predicted octanol–water partition coefficient (Wildman–Crippen LogP) is 1.40. The van der Waals surface area contributed by atoms with Gasteiger partial charge < -0.3 is 5.73 Å². The van der Waals surface area contributed by atoms with E-state index < -0.39 is 19.9 Å². The van der Waals surface area contributed by atoms with E-state index in [9.17, 15) is 16.8 Å². The molecule has 0 amide bonds. The van der Waals surface area contributed by atoms with Crippen molar-refractivity contribution in [1.29, 1.82) is 0 Å². The molecule has 2 rings (SSSR count). The molecule has 1 aromatic rings. The average Bonchev–Trinajstić information content (AvgIpc) is 2.46. The molecule has 1 aliphatic rings. The maximum atomic E-state index is 12.8. The lowest BCUT2D eigenvalue weighted by atomic mass is 10.00. The molecule has 0 aromatic heterocycles. The Morgan fingerprint density at radius 2 is 1.61 bits per heavy atom. The second-order valence-electron chi connectivity index (χ2n) is 5.78. The lowest BCUT2D eigenvalue weighted by Gasteiger charge is -2.36. The van der Waals surface area contributed by atoms with Crippen molar-refractivity contribution in [2.24, 2.45) is 5.73 Å². The number of rotatable bonds is 4. The fourth-order valence-corrected chi connectivity index (χ4v) is 5.15. The van der Waals surface area contributed by atoms with Crippen LogP contribution in [0.25, 0.3) is 0 Å². The quantitative estimate of drug-likeness (QED) is 0.848. The Bertz CT molecular complexity index is 731. The average molecular weight is 383 g/mol. The van der Waals surface area contributed by atoms with Crippen LogP contribution in [0.2, 0.25) is 0 Å². The molecule has 1 heterocycles. The molecule has 2 atom stereocenters. The Kier molecular flexibility index (Phi) is 6.63. The van der Waals surface area contributed by atoms with E-state index in [2.05, 4.69) is 0 Å². The van der Waals surface area contributed by atoms with E-state index in [-0.39, 0.29) is 34.3 Å². The Balaban J connectivity index is 0.00000264. The molecule has 2 unspecified atom stereocenters. The van der Waals surface area contributed by atoms with Gasteiger partial charge in [-0.15, -0.1) is 12.4 Å². The topological polar surface area (TPSA) is 97.5 Å². The van der Waals surface area contributed by atoms with Crippen LogP contribution in [0.15, 0.2) is 34.1 Å². The number of benzene rings is 1. The van der Waals surface area contributed by atoms with Crippen molar-refractivity contribution in [3.05, 3.63) is 24.3 Å². The van der Waals surface area contributed by atoms with Crippen molar-refractivity contribution in [1.82, 2.24) is 4.31 Å². The first-order valence-corrected chi connectivity index (χ1v) is 10.5. The number of hydrogen-bond acceptors (Lipinski definition) is 5. The molecule has 1 aromatic carbocycles. The second-order valence-corrected chi connectivity index (χ2v) is 9.69. The maximum Gasteiger partial charge on any atom is 0.243 e. The first kappa shape index (κ1) is 20.4. The van der Waals surface area contributed by atoms with Crippen LogP contribution in [0.3, 0.4) is 0 Å². The van der Waals surface area contributed by atoms with Crippen LogP contribution in [-0.2, 0) is 19.9 Å². The molecule has 2 N–H and O–H groups in total. The van der Waals surface area contributed by atoms with E-state index in [1.54, 1.807) is 0 Å². The van der Waals surface area contributed by atoms with Gasteiger partial charge in [-0.3, -0.25) is 0 Å². The van der Waals surface area contributed by atoms with Crippen molar-refractivity contribution >= 4 is 32.3 Å². The summed E-state index contributed by atoms with van der Waals surface area (Å²) in [6, 6.07) is 4.88. The molecular formula is C14H23ClN2O4S2. The number of piperidine rings is 1. The molecule has 23 heavy (non-hydrogen) atoms. The van der Waals surface area contributed by atoms with Crippen LogP contribution in [0.4, 0.5) is 0 Å². The maximum absolute atomic E-state index is 12.8. The molecular weight excluding hydrogens is 360 g/mol. The predicted molar refractivity (Wildman–Crippen MR) is 92.0 cm³/mol. The van der Waals surface area contributed by atoms with Crippen LogP contribution < -0.4 is 5.73 Å². The van der Waals surface area contributed by atoms with Crippen LogP contribution in [-0.4, -0.2) is 46.0 Å². The molecule has 0 aliphatic carbocycles. The molecule has 1 fully saturated rings. The number of halogens is 1. The Labute approximate surface area is 144 Å². The second kappa shape index (κ2) is 7.48. The van der Waals surface area contributed by atoms with Crippen molar-refractivity contribution in [3.63, 3.8) is 0 Å². The number of sulfone groups is 1. The molecule has 0 bridgehead atoms. The minimum atomic E-state index is -3.66. The van der Waals surface area contributed by atoms with Crippen molar-refractivity contribution < 1.29 is 16.8 Å². The lowest BCUT2D eigenvalue weighted by molar-refractivity contribution is 0.227. The third-order valence-electron chi connectivity index (χ3n) is 3.96. The van der Waals surface area contributed by atoms with Gasteiger partial charge in [-0.1, -0.05) is 6.42 Å². The highest BCUT2D eigenvalue weighted by atomic mass is 35.5. The summed E-state index contributed by atoms with van der Waals surface area (Å²) in [6.45, 7) is 2.26. The SMILES string of the molecule is CC(N)C1CCCCN1S(=O)(=O)c1ccc(S(C)(=O)=O)cc1.Cl. The largest absolute Gasteiger partial charge is 0.326 e. The first-order valence-electron chi connectivity index (χ1n) is 7.21. The summed E-state index contributed by atoms with van der Waals surface area (Å²) in [6.07, 6.45) is 3.61. The number of sulfonamides is 1.